The van der Waals surface area contributed by atoms with Gasteiger partial charge in [-0.2, -0.15) is 0 Å². The van der Waals surface area contributed by atoms with E-state index in [-0.39, 0.29) is 18.2 Å². The number of carbonyl (C=O) groups is 2. The van der Waals surface area contributed by atoms with Gasteiger partial charge in [-0.15, -0.1) is 11.6 Å². The molecule has 1 amide bonds. The van der Waals surface area contributed by atoms with Gasteiger partial charge in [-0.05, 0) is 23.6 Å². The normalized spacial score (nSPS) is 20.6. The van der Waals surface area contributed by atoms with E-state index in [1.54, 1.807) is 0 Å². The zero-order valence-corrected chi connectivity index (χ0v) is 10.8. The summed E-state index contributed by atoms with van der Waals surface area (Å²) >= 11 is 5.71. The fourth-order valence-electron chi connectivity index (χ4n) is 2.26. The molecule has 0 aliphatic carbocycles. The topological polar surface area (TPSA) is 57.6 Å². The number of carbonyl (C=O) groups excluding carboxylic acids is 1. The van der Waals surface area contributed by atoms with Crippen molar-refractivity contribution in [3.05, 3.63) is 35.6 Å². The van der Waals surface area contributed by atoms with E-state index < -0.39 is 17.8 Å². The van der Waals surface area contributed by atoms with E-state index in [0.717, 1.165) is 0 Å². The van der Waals surface area contributed by atoms with Crippen molar-refractivity contribution in [2.45, 2.75) is 12.5 Å². The van der Waals surface area contributed by atoms with Crippen molar-refractivity contribution in [1.82, 2.24) is 4.90 Å². The molecule has 102 valence electrons. The van der Waals surface area contributed by atoms with Crippen LogP contribution < -0.4 is 0 Å². The van der Waals surface area contributed by atoms with Crippen LogP contribution in [0.2, 0.25) is 0 Å². The van der Waals surface area contributed by atoms with E-state index >= 15 is 0 Å². The highest BCUT2D eigenvalue weighted by molar-refractivity contribution is 6.18. The van der Waals surface area contributed by atoms with E-state index in [9.17, 15) is 19.1 Å². The molecule has 4 nitrogen and oxygen atoms in total. The van der Waals surface area contributed by atoms with Gasteiger partial charge in [0.25, 0.3) is 0 Å². The molecule has 1 heterocycles. The first-order valence-corrected chi connectivity index (χ1v) is 6.40. The number of alkyl halides is 1. The number of hydrogen-bond donors (Lipinski definition) is 1. The lowest BCUT2D eigenvalue weighted by atomic mass is 10.1. The molecule has 2 rings (SSSR count). The Bertz CT molecular complexity index is 491. The third-order valence-electron chi connectivity index (χ3n) is 3.19. The van der Waals surface area contributed by atoms with Crippen LogP contribution in [-0.2, 0) is 9.59 Å². The summed E-state index contributed by atoms with van der Waals surface area (Å²) < 4.78 is 12.9. The molecule has 19 heavy (non-hydrogen) atoms. The molecular formula is C13H13ClFNO3. The van der Waals surface area contributed by atoms with Crippen molar-refractivity contribution in [2.24, 2.45) is 5.92 Å². The van der Waals surface area contributed by atoms with Crippen LogP contribution in [0.3, 0.4) is 0 Å². The number of hydrogen-bond acceptors (Lipinski definition) is 2. The summed E-state index contributed by atoms with van der Waals surface area (Å²) in [5.41, 5.74) is 0.387. The molecule has 1 aromatic rings. The Morgan fingerprint density at radius 2 is 2.11 bits per heavy atom. The Morgan fingerprint density at radius 1 is 1.47 bits per heavy atom. The SMILES string of the molecule is O=C(O)C(c1ccc(F)cc1)N1CC(CCl)CC1=O. The molecule has 6 heteroatoms. The molecule has 0 radical (unpaired) electrons. The standard InChI is InChI=1S/C13H13ClFNO3/c14-6-8-5-11(17)16(7-8)12(13(18)19)9-1-3-10(15)4-2-9/h1-4,8,12H,5-7H2,(H,18,19). The molecule has 1 saturated heterocycles. The Morgan fingerprint density at radius 3 is 2.58 bits per heavy atom. The summed E-state index contributed by atoms with van der Waals surface area (Å²) in [5, 5.41) is 9.31. The Balaban J connectivity index is 2.28. The summed E-state index contributed by atoms with van der Waals surface area (Å²) in [6.45, 7) is 0.316. The average molecular weight is 286 g/mol. The fourth-order valence-corrected chi connectivity index (χ4v) is 2.47. The lowest BCUT2D eigenvalue weighted by Gasteiger charge is -2.25. The molecule has 2 unspecified atom stereocenters. The Hall–Kier alpha value is -1.62. The predicted molar refractivity (Wildman–Crippen MR) is 67.3 cm³/mol. The van der Waals surface area contributed by atoms with Gasteiger partial charge in [0, 0.05) is 18.8 Å². The van der Waals surface area contributed by atoms with E-state index in [0.29, 0.717) is 18.0 Å². The fraction of sp³-hybridized carbons (Fsp3) is 0.385. The van der Waals surface area contributed by atoms with E-state index in [1.807, 2.05) is 0 Å². The number of aliphatic carboxylic acids is 1. The zero-order valence-electron chi connectivity index (χ0n) is 10.1. The number of rotatable bonds is 4. The van der Waals surface area contributed by atoms with Gasteiger partial charge in [0.05, 0.1) is 0 Å². The molecule has 1 N–H and O–H groups in total. The second-order valence-corrected chi connectivity index (χ2v) is 4.87. The molecule has 0 saturated carbocycles. The van der Waals surface area contributed by atoms with E-state index in [2.05, 4.69) is 0 Å². The van der Waals surface area contributed by atoms with Crippen LogP contribution in [0.25, 0.3) is 0 Å². The van der Waals surface area contributed by atoms with Gasteiger partial charge in [-0.1, -0.05) is 12.1 Å². The first-order chi connectivity index (χ1) is 9.02. The maximum absolute atomic E-state index is 12.9. The molecule has 0 bridgehead atoms. The molecule has 2 atom stereocenters. The van der Waals surface area contributed by atoms with Crippen LogP contribution in [0.5, 0.6) is 0 Å². The molecule has 1 fully saturated rings. The Labute approximate surface area is 114 Å². The number of amides is 1. The second kappa shape index (κ2) is 5.57. The quantitative estimate of drug-likeness (QED) is 0.861. The van der Waals surface area contributed by atoms with Crippen molar-refractivity contribution < 1.29 is 19.1 Å². The molecule has 1 aliphatic rings. The number of nitrogens with zero attached hydrogens (tertiary/aromatic N) is 1. The van der Waals surface area contributed by atoms with Crippen molar-refractivity contribution in [2.75, 3.05) is 12.4 Å². The number of benzene rings is 1. The number of carboxylic acid groups (broad SMARTS) is 1. The summed E-state index contributed by atoms with van der Waals surface area (Å²) in [6.07, 6.45) is 0.258. The van der Waals surface area contributed by atoms with Crippen LogP contribution in [0.1, 0.15) is 18.0 Å². The van der Waals surface area contributed by atoms with Gasteiger partial charge in [0.15, 0.2) is 6.04 Å². The maximum atomic E-state index is 12.9. The lowest BCUT2D eigenvalue weighted by molar-refractivity contribution is -0.148. The van der Waals surface area contributed by atoms with Gasteiger partial charge in [-0.3, -0.25) is 4.79 Å². The lowest BCUT2D eigenvalue weighted by Crippen LogP contribution is -2.35. The molecule has 1 aromatic carbocycles. The predicted octanol–water partition coefficient (Wildman–Crippen LogP) is 2.04. The van der Waals surface area contributed by atoms with Gasteiger partial charge >= 0.3 is 5.97 Å². The van der Waals surface area contributed by atoms with Gasteiger partial charge in [-0.25, -0.2) is 9.18 Å². The van der Waals surface area contributed by atoms with Crippen LogP contribution in [0.15, 0.2) is 24.3 Å². The molecule has 0 spiro atoms. The Kier molecular flexibility index (Phi) is 4.04. The molecule has 1 aliphatic heterocycles. The van der Waals surface area contributed by atoms with E-state index in [1.165, 1.54) is 29.2 Å². The number of likely N-dealkylation sites (tertiary alicyclic amines) is 1. The summed E-state index contributed by atoms with van der Waals surface area (Å²) in [6, 6.07) is 4.06. The zero-order chi connectivity index (χ0) is 14.0. The minimum atomic E-state index is -1.13. The highest BCUT2D eigenvalue weighted by Crippen LogP contribution is 2.29. The summed E-state index contributed by atoms with van der Waals surface area (Å²) in [4.78, 5) is 24.5. The highest BCUT2D eigenvalue weighted by Gasteiger charge is 2.38. The smallest absolute Gasteiger partial charge is 0.331 e. The summed E-state index contributed by atoms with van der Waals surface area (Å²) in [7, 11) is 0. The minimum absolute atomic E-state index is 0.0311. The number of halogens is 2. The first-order valence-electron chi connectivity index (χ1n) is 5.86. The van der Waals surface area contributed by atoms with Gasteiger partial charge in [0.2, 0.25) is 5.91 Å². The van der Waals surface area contributed by atoms with Crippen LogP contribution >= 0.6 is 11.6 Å². The largest absolute Gasteiger partial charge is 0.479 e. The van der Waals surface area contributed by atoms with Crippen molar-refractivity contribution in [1.29, 1.82) is 0 Å². The van der Waals surface area contributed by atoms with Crippen molar-refractivity contribution >= 4 is 23.5 Å². The van der Waals surface area contributed by atoms with Crippen molar-refractivity contribution in [3.8, 4) is 0 Å². The van der Waals surface area contributed by atoms with Crippen LogP contribution in [0, 0.1) is 11.7 Å². The first kappa shape index (κ1) is 13.8. The molecular weight excluding hydrogens is 273 g/mol. The van der Waals surface area contributed by atoms with Crippen molar-refractivity contribution in [3.63, 3.8) is 0 Å². The van der Waals surface area contributed by atoms with E-state index in [4.69, 9.17) is 11.6 Å². The molecule has 0 aromatic heterocycles. The van der Waals surface area contributed by atoms with Crippen LogP contribution in [-0.4, -0.2) is 34.3 Å². The highest BCUT2D eigenvalue weighted by atomic mass is 35.5. The van der Waals surface area contributed by atoms with Gasteiger partial charge in [0.1, 0.15) is 5.82 Å². The second-order valence-electron chi connectivity index (χ2n) is 4.56. The summed E-state index contributed by atoms with van der Waals surface area (Å²) in [5.74, 6) is -1.52. The third-order valence-corrected chi connectivity index (χ3v) is 3.62. The third kappa shape index (κ3) is 2.87. The average Bonchev–Trinajstić information content (AvgIpc) is 2.73. The number of carboxylic acids is 1. The van der Waals surface area contributed by atoms with Crippen LogP contribution in [0.4, 0.5) is 4.39 Å². The monoisotopic (exact) mass is 285 g/mol. The van der Waals surface area contributed by atoms with Gasteiger partial charge < -0.3 is 10.0 Å². The maximum Gasteiger partial charge on any atom is 0.331 e. The minimum Gasteiger partial charge on any atom is -0.479 e.